The Kier molecular flexibility index (Phi) is 3.69. The maximum Gasteiger partial charge on any atom is 0.254 e. The van der Waals surface area contributed by atoms with Crippen molar-refractivity contribution < 1.29 is 0 Å². The van der Waals surface area contributed by atoms with Gasteiger partial charge in [0.25, 0.3) is 5.56 Å². The standard InChI is InChI=1S/C11H18N4O/c1-9-10(11(16)14-8-13-9)2-5-15-6-3-12-4-7-15/h8,12H,2-7H2,1H3,(H,13,14,16). The van der Waals surface area contributed by atoms with Gasteiger partial charge in [0.1, 0.15) is 0 Å². The van der Waals surface area contributed by atoms with Crippen molar-refractivity contribution in [3.05, 3.63) is 27.9 Å². The van der Waals surface area contributed by atoms with E-state index in [1.165, 1.54) is 6.33 Å². The van der Waals surface area contributed by atoms with Crippen LogP contribution in [0.1, 0.15) is 11.3 Å². The number of H-pyrrole nitrogens is 1. The highest BCUT2D eigenvalue weighted by atomic mass is 16.1. The van der Waals surface area contributed by atoms with Gasteiger partial charge in [0.15, 0.2) is 0 Å². The van der Waals surface area contributed by atoms with Crippen molar-refractivity contribution in [1.29, 1.82) is 0 Å². The van der Waals surface area contributed by atoms with E-state index in [1.807, 2.05) is 6.92 Å². The zero-order valence-electron chi connectivity index (χ0n) is 9.62. The molecule has 88 valence electrons. The first-order valence-corrected chi connectivity index (χ1v) is 5.73. The van der Waals surface area contributed by atoms with Crippen molar-refractivity contribution in [2.45, 2.75) is 13.3 Å². The van der Waals surface area contributed by atoms with Crippen LogP contribution in [-0.4, -0.2) is 47.6 Å². The Morgan fingerprint density at radius 3 is 2.88 bits per heavy atom. The van der Waals surface area contributed by atoms with E-state index in [9.17, 15) is 4.79 Å². The van der Waals surface area contributed by atoms with E-state index in [0.717, 1.165) is 50.4 Å². The van der Waals surface area contributed by atoms with Crippen LogP contribution in [0, 0.1) is 6.92 Å². The molecule has 0 atom stereocenters. The third kappa shape index (κ3) is 2.68. The third-order valence-corrected chi connectivity index (χ3v) is 3.05. The number of nitrogens with zero attached hydrogens (tertiary/aromatic N) is 2. The van der Waals surface area contributed by atoms with Crippen molar-refractivity contribution in [1.82, 2.24) is 20.2 Å². The SMILES string of the molecule is Cc1nc[nH]c(=O)c1CCN1CCNCC1. The third-order valence-electron chi connectivity index (χ3n) is 3.05. The van der Waals surface area contributed by atoms with Gasteiger partial charge in [-0.25, -0.2) is 4.98 Å². The predicted octanol–water partition coefficient (Wildman–Crippen LogP) is -0.474. The quantitative estimate of drug-likeness (QED) is 0.725. The molecule has 0 amide bonds. The molecule has 0 bridgehead atoms. The Hall–Kier alpha value is -1.20. The molecule has 1 aliphatic heterocycles. The Bertz CT molecular complexity index is 395. The Balaban J connectivity index is 1.96. The summed E-state index contributed by atoms with van der Waals surface area (Å²) in [6, 6.07) is 0. The van der Waals surface area contributed by atoms with Crippen LogP contribution in [0.2, 0.25) is 0 Å². The Labute approximate surface area is 94.9 Å². The number of nitrogens with one attached hydrogen (secondary N) is 2. The van der Waals surface area contributed by atoms with E-state index in [-0.39, 0.29) is 5.56 Å². The fraction of sp³-hybridized carbons (Fsp3) is 0.636. The number of aryl methyl sites for hydroxylation is 1. The molecule has 0 unspecified atom stereocenters. The van der Waals surface area contributed by atoms with Gasteiger partial charge in [-0.15, -0.1) is 0 Å². The van der Waals surface area contributed by atoms with Crippen LogP contribution < -0.4 is 10.9 Å². The van der Waals surface area contributed by atoms with Crippen LogP contribution in [0.3, 0.4) is 0 Å². The second-order valence-corrected chi connectivity index (χ2v) is 4.14. The first-order chi connectivity index (χ1) is 7.77. The predicted molar refractivity (Wildman–Crippen MR) is 62.6 cm³/mol. The lowest BCUT2D eigenvalue weighted by Gasteiger charge is -2.27. The molecule has 1 aliphatic rings. The largest absolute Gasteiger partial charge is 0.314 e. The fourth-order valence-corrected chi connectivity index (χ4v) is 2.02. The van der Waals surface area contributed by atoms with E-state index in [0.29, 0.717) is 0 Å². The van der Waals surface area contributed by atoms with Gasteiger partial charge in [-0.05, 0) is 13.3 Å². The molecule has 5 nitrogen and oxygen atoms in total. The number of hydrogen-bond acceptors (Lipinski definition) is 4. The summed E-state index contributed by atoms with van der Waals surface area (Å²) in [6.07, 6.45) is 2.25. The summed E-state index contributed by atoms with van der Waals surface area (Å²) in [5.41, 5.74) is 1.67. The molecule has 1 aromatic heterocycles. The van der Waals surface area contributed by atoms with E-state index in [1.54, 1.807) is 0 Å². The summed E-state index contributed by atoms with van der Waals surface area (Å²) in [5, 5.41) is 3.31. The van der Waals surface area contributed by atoms with Crippen LogP contribution in [0.25, 0.3) is 0 Å². The maximum absolute atomic E-state index is 11.6. The summed E-state index contributed by atoms with van der Waals surface area (Å²) in [6.45, 7) is 7.05. The van der Waals surface area contributed by atoms with Crippen LogP contribution >= 0.6 is 0 Å². The van der Waals surface area contributed by atoms with Crippen molar-refractivity contribution in [2.75, 3.05) is 32.7 Å². The topological polar surface area (TPSA) is 61.0 Å². The molecule has 1 fully saturated rings. The number of rotatable bonds is 3. The zero-order chi connectivity index (χ0) is 11.4. The molecular formula is C11H18N4O. The van der Waals surface area contributed by atoms with Crippen LogP contribution in [0.5, 0.6) is 0 Å². The number of hydrogen-bond donors (Lipinski definition) is 2. The summed E-state index contributed by atoms with van der Waals surface area (Å²) < 4.78 is 0. The van der Waals surface area contributed by atoms with Gasteiger partial charge in [-0.3, -0.25) is 4.79 Å². The highest BCUT2D eigenvalue weighted by Crippen LogP contribution is 2.00. The van der Waals surface area contributed by atoms with E-state index >= 15 is 0 Å². The molecule has 2 rings (SSSR count). The van der Waals surface area contributed by atoms with Crippen molar-refractivity contribution in [3.8, 4) is 0 Å². The minimum Gasteiger partial charge on any atom is -0.314 e. The summed E-state index contributed by atoms with van der Waals surface area (Å²) >= 11 is 0. The van der Waals surface area contributed by atoms with Gasteiger partial charge in [-0.2, -0.15) is 0 Å². The average Bonchev–Trinajstić information content (AvgIpc) is 2.30. The molecule has 2 heterocycles. The average molecular weight is 222 g/mol. The highest BCUT2D eigenvalue weighted by Gasteiger charge is 2.11. The Morgan fingerprint density at radius 1 is 1.44 bits per heavy atom. The first-order valence-electron chi connectivity index (χ1n) is 5.73. The lowest BCUT2D eigenvalue weighted by molar-refractivity contribution is 0.243. The van der Waals surface area contributed by atoms with E-state index < -0.39 is 0 Å². The van der Waals surface area contributed by atoms with E-state index in [2.05, 4.69) is 20.2 Å². The van der Waals surface area contributed by atoms with Gasteiger partial charge < -0.3 is 15.2 Å². The summed E-state index contributed by atoms with van der Waals surface area (Å²) in [7, 11) is 0. The normalized spacial score (nSPS) is 17.6. The molecule has 1 aromatic rings. The Morgan fingerprint density at radius 2 is 2.19 bits per heavy atom. The minimum atomic E-state index is 0.00244. The monoisotopic (exact) mass is 222 g/mol. The zero-order valence-corrected chi connectivity index (χ0v) is 9.62. The van der Waals surface area contributed by atoms with E-state index in [4.69, 9.17) is 0 Å². The van der Waals surface area contributed by atoms with Crippen molar-refractivity contribution >= 4 is 0 Å². The number of aromatic nitrogens is 2. The molecule has 5 heteroatoms. The molecule has 2 N–H and O–H groups in total. The minimum absolute atomic E-state index is 0.00244. The summed E-state index contributed by atoms with van der Waals surface area (Å²) in [4.78, 5) is 20.7. The van der Waals surface area contributed by atoms with Gasteiger partial charge in [0, 0.05) is 44.0 Å². The molecule has 1 saturated heterocycles. The second-order valence-electron chi connectivity index (χ2n) is 4.14. The number of aromatic amines is 1. The molecule has 0 radical (unpaired) electrons. The lowest BCUT2D eigenvalue weighted by atomic mass is 10.1. The fourth-order valence-electron chi connectivity index (χ4n) is 2.02. The van der Waals surface area contributed by atoms with Crippen molar-refractivity contribution in [3.63, 3.8) is 0 Å². The molecule has 0 saturated carbocycles. The maximum atomic E-state index is 11.6. The summed E-state index contributed by atoms with van der Waals surface area (Å²) in [5.74, 6) is 0. The van der Waals surface area contributed by atoms with Crippen LogP contribution in [0.4, 0.5) is 0 Å². The van der Waals surface area contributed by atoms with Crippen molar-refractivity contribution in [2.24, 2.45) is 0 Å². The van der Waals surface area contributed by atoms with Gasteiger partial charge in [0.2, 0.25) is 0 Å². The molecule has 16 heavy (non-hydrogen) atoms. The molecule has 0 spiro atoms. The second kappa shape index (κ2) is 5.23. The number of piperazine rings is 1. The van der Waals surface area contributed by atoms with Gasteiger partial charge >= 0.3 is 0 Å². The van der Waals surface area contributed by atoms with Crippen LogP contribution in [0.15, 0.2) is 11.1 Å². The van der Waals surface area contributed by atoms with Gasteiger partial charge in [0.05, 0.1) is 6.33 Å². The molecular weight excluding hydrogens is 204 g/mol. The molecule has 0 aliphatic carbocycles. The lowest BCUT2D eigenvalue weighted by Crippen LogP contribution is -2.44. The smallest absolute Gasteiger partial charge is 0.254 e. The molecule has 0 aromatic carbocycles. The van der Waals surface area contributed by atoms with Crippen LogP contribution in [-0.2, 0) is 6.42 Å². The highest BCUT2D eigenvalue weighted by molar-refractivity contribution is 5.14. The van der Waals surface area contributed by atoms with Gasteiger partial charge in [-0.1, -0.05) is 0 Å². The first kappa shape index (κ1) is 11.3.